The van der Waals surface area contributed by atoms with Gasteiger partial charge in [0.1, 0.15) is 5.54 Å². The average Bonchev–Trinajstić information content (AvgIpc) is 2.79. The van der Waals surface area contributed by atoms with Gasteiger partial charge in [0.05, 0.1) is 0 Å². The van der Waals surface area contributed by atoms with Crippen molar-refractivity contribution in [3.63, 3.8) is 0 Å². The molecule has 1 N–H and O–H groups in total. The molecule has 0 spiro atoms. The van der Waals surface area contributed by atoms with E-state index in [1.165, 1.54) is 0 Å². The maximum Gasteiger partial charge on any atom is 0.305 e. The maximum atomic E-state index is 12.2. The van der Waals surface area contributed by atoms with Crippen LogP contribution in [-0.2, 0) is 5.54 Å². The predicted octanol–water partition coefficient (Wildman–Crippen LogP) is 3.00. The van der Waals surface area contributed by atoms with E-state index in [1.807, 2.05) is 51.2 Å². The zero-order valence-corrected chi connectivity index (χ0v) is 12.3. The lowest BCUT2D eigenvalue weighted by Crippen LogP contribution is -2.50. The van der Waals surface area contributed by atoms with E-state index in [-0.39, 0.29) is 11.4 Å². The van der Waals surface area contributed by atoms with Crippen molar-refractivity contribution >= 4 is 11.6 Å². The van der Waals surface area contributed by atoms with Gasteiger partial charge in [0.2, 0.25) is 11.9 Å². The van der Waals surface area contributed by atoms with Crippen LogP contribution in [0.4, 0.5) is 5.69 Å². The third kappa shape index (κ3) is 2.31. The fraction of sp³-hybridized carbons (Fsp3) is 0.250. The second kappa shape index (κ2) is 4.77. The first kappa shape index (κ1) is 13.4. The lowest BCUT2D eigenvalue weighted by Gasteiger charge is -2.13. The number of benzene rings is 1. The number of hydrogen-bond acceptors (Lipinski definition) is 3. The van der Waals surface area contributed by atoms with Crippen molar-refractivity contribution in [2.75, 3.05) is 5.43 Å². The summed E-state index contributed by atoms with van der Waals surface area (Å²) in [4.78, 5) is 12.2. The molecule has 2 heterocycles. The highest BCUT2D eigenvalue weighted by atomic mass is 16.2. The van der Waals surface area contributed by atoms with Gasteiger partial charge in [0.15, 0.2) is 5.69 Å². The number of amides is 1. The van der Waals surface area contributed by atoms with Gasteiger partial charge in [0.25, 0.3) is 0 Å². The highest BCUT2D eigenvalue weighted by Crippen LogP contribution is 2.40. The van der Waals surface area contributed by atoms with Gasteiger partial charge in [-0.3, -0.25) is 4.79 Å². The van der Waals surface area contributed by atoms with E-state index in [1.54, 1.807) is 16.8 Å². The Morgan fingerprint density at radius 1 is 1.19 bits per heavy atom. The summed E-state index contributed by atoms with van der Waals surface area (Å²) in [6.45, 7) is 5.97. The monoisotopic (exact) mass is 281 g/mol. The molecule has 1 aromatic heterocycles. The van der Waals surface area contributed by atoms with Crippen LogP contribution in [0.2, 0.25) is 0 Å². The van der Waals surface area contributed by atoms with Gasteiger partial charge < -0.3 is 0 Å². The molecule has 0 aliphatic carbocycles. The normalized spacial score (nSPS) is 14.8. The van der Waals surface area contributed by atoms with Crippen molar-refractivity contribution in [1.29, 1.82) is 0 Å². The first-order valence-corrected chi connectivity index (χ1v) is 6.84. The van der Waals surface area contributed by atoms with Gasteiger partial charge in [0, 0.05) is 24.1 Å². The van der Waals surface area contributed by atoms with Gasteiger partial charge in [-0.2, -0.15) is 5.11 Å². The van der Waals surface area contributed by atoms with Crippen LogP contribution >= 0.6 is 0 Å². The largest absolute Gasteiger partial charge is 0.305 e. The van der Waals surface area contributed by atoms with E-state index in [4.69, 9.17) is 0 Å². The second-order valence-corrected chi connectivity index (χ2v) is 5.60. The molecule has 21 heavy (non-hydrogen) atoms. The summed E-state index contributed by atoms with van der Waals surface area (Å²) in [5, 5.41) is 8.52. The summed E-state index contributed by atoms with van der Waals surface area (Å²) in [7, 11) is 0. The first-order valence-electron chi connectivity index (χ1n) is 6.84. The highest BCUT2D eigenvalue weighted by molar-refractivity contribution is 5.98. The number of aromatic nitrogens is 1. The van der Waals surface area contributed by atoms with Crippen molar-refractivity contribution in [3.05, 3.63) is 59.4 Å². The number of nitrogens with one attached hydrogen (secondary N) is 1. The van der Waals surface area contributed by atoms with Crippen LogP contribution in [0.3, 0.4) is 0 Å². The molecule has 1 aliphatic heterocycles. The van der Waals surface area contributed by atoms with E-state index in [0.717, 1.165) is 16.9 Å². The summed E-state index contributed by atoms with van der Waals surface area (Å²) < 4.78 is 1.69. The summed E-state index contributed by atoms with van der Waals surface area (Å²) in [6, 6.07) is 11.1. The molecule has 1 aromatic carbocycles. The summed E-state index contributed by atoms with van der Waals surface area (Å²) in [5.41, 5.74) is 5.94. The van der Waals surface area contributed by atoms with Crippen LogP contribution in [0.15, 0.2) is 52.8 Å². The fourth-order valence-electron chi connectivity index (χ4n) is 2.38. The molecule has 0 radical (unpaired) electrons. The van der Waals surface area contributed by atoms with Gasteiger partial charge >= 0.3 is 5.91 Å². The molecular formula is C16H17N4O+. The Kier molecular flexibility index (Phi) is 3.05. The Morgan fingerprint density at radius 3 is 2.62 bits per heavy atom. The van der Waals surface area contributed by atoms with Crippen molar-refractivity contribution in [1.82, 2.24) is 0 Å². The first-order chi connectivity index (χ1) is 9.99. The van der Waals surface area contributed by atoms with Crippen molar-refractivity contribution < 1.29 is 9.47 Å². The van der Waals surface area contributed by atoms with Crippen LogP contribution in [0.1, 0.15) is 35.5 Å². The molecule has 0 saturated heterocycles. The van der Waals surface area contributed by atoms with Gasteiger partial charge in [-0.15, -0.1) is 10.5 Å². The van der Waals surface area contributed by atoms with Gasteiger partial charge in [-0.05, 0) is 26.0 Å². The van der Waals surface area contributed by atoms with E-state index in [9.17, 15) is 4.79 Å². The molecule has 3 rings (SSSR count). The van der Waals surface area contributed by atoms with Gasteiger partial charge in [-0.1, -0.05) is 22.9 Å². The Bertz CT molecular complexity index is 735. The minimum Gasteiger partial charge on any atom is -0.264 e. The average molecular weight is 281 g/mol. The predicted molar refractivity (Wildman–Crippen MR) is 79.0 cm³/mol. The third-order valence-corrected chi connectivity index (χ3v) is 3.67. The fourth-order valence-corrected chi connectivity index (χ4v) is 2.38. The number of azo groups is 1. The van der Waals surface area contributed by atoms with Crippen LogP contribution in [0.25, 0.3) is 0 Å². The SMILES string of the molecule is Cc1c2c(cc[n+]1NC(=O)c1ccccc1)C(C)(C)N=N2. The third-order valence-electron chi connectivity index (χ3n) is 3.67. The van der Waals surface area contributed by atoms with Crippen molar-refractivity contribution in [3.8, 4) is 0 Å². The zero-order valence-electron chi connectivity index (χ0n) is 12.3. The molecule has 0 unspecified atom stereocenters. The zero-order chi connectivity index (χ0) is 15.0. The maximum absolute atomic E-state index is 12.2. The lowest BCUT2D eigenvalue weighted by atomic mass is 9.95. The summed E-state index contributed by atoms with van der Waals surface area (Å²) in [6.07, 6.45) is 1.84. The topological polar surface area (TPSA) is 57.7 Å². The lowest BCUT2D eigenvalue weighted by molar-refractivity contribution is -0.647. The number of pyridine rings is 1. The number of rotatable bonds is 2. The molecule has 2 aromatic rings. The molecule has 1 amide bonds. The second-order valence-electron chi connectivity index (χ2n) is 5.60. The Hall–Kier alpha value is -2.56. The molecule has 0 fully saturated rings. The summed E-state index contributed by atoms with van der Waals surface area (Å²) in [5.74, 6) is -0.155. The Balaban J connectivity index is 1.92. The van der Waals surface area contributed by atoms with Crippen molar-refractivity contribution in [2.45, 2.75) is 26.3 Å². The molecule has 106 valence electrons. The number of hydrogen-bond donors (Lipinski definition) is 1. The van der Waals surface area contributed by atoms with E-state index < -0.39 is 0 Å². The minimum atomic E-state index is -0.303. The number of carbonyl (C=O) groups excluding carboxylic acids is 1. The van der Waals surface area contributed by atoms with Gasteiger partial charge in [-0.25, -0.2) is 0 Å². The quantitative estimate of drug-likeness (QED) is 0.845. The van der Waals surface area contributed by atoms with Crippen LogP contribution < -0.4 is 10.1 Å². The molecule has 0 atom stereocenters. The standard InChI is InChI=1S/C16H16N4O/c1-11-14-13(16(2,3)19-17-14)9-10-20(11)18-15(21)12-7-5-4-6-8-12/h4-10H,1-3H3/p+1. The number of carbonyl (C=O) groups is 1. The summed E-state index contributed by atoms with van der Waals surface area (Å²) >= 11 is 0. The molecule has 0 bridgehead atoms. The molecule has 5 nitrogen and oxygen atoms in total. The van der Waals surface area contributed by atoms with Crippen LogP contribution in [0, 0.1) is 6.92 Å². The Labute approximate surface area is 123 Å². The molecule has 5 heteroatoms. The van der Waals surface area contributed by atoms with Crippen molar-refractivity contribution in [2.24, 2.45) is 10.2 Å². The molecule has 1 aliphatic rings. The van der Waals surface area contributed by atoms with E-state index in [2.05, 4.69) is 15.7 Å². The smallest absolute Gasteiger partial charge is 0.264 e. The van der Waals surface area contributed by atoms with Crippen LogP contribution in [0.5, 0.6) is 0 Å². The molecular weight excluding hydrogens is 264 g/mol. The Morgan fingerprint density at radius 2 is 1.90 bits per heavy atom. The van der Waals surface area contributed by atoms with E-state index in [0.29, 0.717) is 5.56 Å². The minimum absolute atomic E-state index is 0.155. The molecule has 0 saturated carbocycles. The van der Waals surface area contributed by atoms with Crippen LogP contribution in [-0.4, -0.2) is 5.91 Å². The number of nitrogens with zero attached hydrogens (tertiary/aromatic N) is 3. The highest BCUT2D eigenvalue weighted by Gasteiger charge is 2.33. The van der Waals surface area contributed by atoms with E-state index >= 15 is 0 Å². The number of fused-ring (bicyclic) bond motifs is 1.